The van der Waals surface area contributed by atoms with Gasteiger partial charge in [-0.15, -0.1) is 0 Å². The molecule has 4 nitrogen and oxygen atoms in total. The predicted octanol–water partition coefficient (Wildman–Crippen LogP) is 2.63. The van der Waals surface area contributed by atoms with Crippen molar-refractivity contribution in [2.75, 3.05) is 6.61 Å². The van der Waals surface area contributed by atoms with Crippen LogP contribution in [0.3, 0.4) is 0 Å². The normalized spacial score (nSPS) is 11.7. The summed E-state index contributed by atoms with van der Waals surface area (Å²) in [5.41, 5.74) is 0.822. The van der Waals surface area contributed by atoms with Gasteiger partial charge in [-0.1, -0.05) is 44.2 Å². The molecule has 4 heteroatoms. The van der Waals surface area contributed by atoms with Gasteiger partial charge in [0.25, 0.3) is 0 Å². The highest BCUT2D eigenvalue weighted by atomic mass is 16.6. The number of carbonyl (C=O) groups is 2. The SMILES string of the molecule is CCC(=O)OC[C@H](OC(=O)CC)c1ccccc1. The van der Waals surface area contributed by atoms with Gasteiger partial charge >= 0.3 is 11.9 Å². The zero-order valence-corrected chi connectivity index (χ0v) is 10.7. The molecule has 0 saturated carbocycles. The lowest BCUT2D eigenvalue weighted by molar-refractivity contribution is -0.159. The van der Waals surface area contributed by atoms with E-state index in [-0.39, 0.29) is 18.5 Å². The van der Waals surface area contributed by atoms with Crippen molar-refractivity contribution in [2.45, 2.75) is 32.8 Å². The topological polar surface area (TPSA) is 52.6 Å². The zero-order chi connectivity index (χ0) is 13.4. The van der Waals surface area contributed by atoms with Crippen molar-refractivity contribution < 1.29 is 19.1 Å². The van der Waals surface area contributed by atoms with Crippen LogP contribution in [-0.4, -0.2) is 18.5 Å². The van der Waals surface area contributed by atoms with Crippen molar-refractivity contribution in [1.82, 2.24) is 0 Å². The van der Waals surface area contributed by atoms with Crippen LogP contribution in [0.5, 0.6) is 0 Å². The standard InChI is InChI=1S/C14H18O4/c1-3-13(15)17-10-12(18-14(16)4-2)11-8-6-5-7-9-11/h5-9,12H,3-4,10H2,1-2H3/t12-/m0/s1. The van der Waals surface area contributed by atoms with Crippen LogP contribution in [0.4, 0.5) is 0 Å². The third kappa shape index (κ3) is 4.57. The summed E-state index contributed by atoms with van der Waals surface area (Å²) in [7, 11) is 0. The van der Waals surface area contributed by atoms with Gasteiger partial charge in [-0.2, -0.15) is 0 Å². The molecule has 0 aliphatic carbocycles. The Hall–Kier alpha value is -1.84. The molecule has 0 radical (unpaired) electrons. The maximum atomic E-state index is 11.3. The predicted molar refractivity (Wildman–Crippen MR) is 66.8 cm³/mol. The molecule has 1 atom stereocenters. The summed E-state index contributed by atoms with van der Waals surface area (Å²) in [4.78, 5) is 22.5. The maximum Gasteiger partial charge on any atom is 0.306 e. The molecule has 1 aromatic rings. The van der Waals surface area contributed by atoms with Crippen molar-refractivity contribution in [3.63, 3.8) is 0 Å². The number of esters is 2. The first-order chi connectivity index (χ1) is 8.67. The Morgan fingerprint density at radius 3 is 2.22 bits per heavy atom. The Kier molecular flexibility index (Phi) is 5.91. The molecule has 0 heterocycles. The lowest BCUT2D eigenvalue weighted by Crippen LogP contribution is -2.18. The van der Waals surface area contributed by atoms with E-state index in [0.29, 0.717) is 12.8 Å². The second-order valence-corrected chi connectivity index (χ2v) is 3.78. The highest BCUT2D eigenvalue weighted by Crippen LogP contribution is 2.18. The van der Waals surface area contributed by atoms with Gasteiger partial charge in [0.2, 0.25) is 0 Å². The zero-order valence-electron chi connectivity index (χ0n) is 10.7. The highest BCUT2D eigenvalue weighted by molar-refractivity contribution is 5.70. The molecule has 0 unspecified atom stereocenters. The lowest BCUT2D eigenvalue weighted by Gasteiger charge is -2.17. The van der Waals surface area contributed by atoms with Crippen LogP contribution in [-0.2, 0) is 19.1 Å². The van der Waals surface area contributed by atoms with Crippen LogP contribution in [0.25, 0.3) is 0 Å². The number of hydrogen-bond acceptors (Lipinski definition) is 4. The Morgan fingerprint density at radius 1 is 1.06 bits per heavy atom. The maximum absolute atomic E-state index is 11.3. The third-order valence-corrected chi connectivity index (χ3v) is 2.42. The van der Waals surface area contributed by atoms with E-state index in [1.165, 1.54) is 0 Å². The highest BCUT2D eigenvalue weighted by Gasteiger charge is 2.17. The fraction of sp³-hybridized carbons (Fsp3) is 0.429. The van der Waals surface area contributed by atoms with E-state index >= 15 is 0 Å². The van der Waals surface area contributed by atoms with Gasteiger partial charge < -0.3 is 9.47 Å². The van der Waals surface area contributed by atoms with Crippen molar-refractivity contribution in [2.24, 2.45) is 0 Å². The van der Waals surface area contributed by atoms with Gasteiger partial charge in [0.1, 0.15) is 6.61 Å². The molecule has 0 aromatic heterocycles. The minimum Gasteiger partial charge on any atom is -0.461 e. The van der Waals surface area contributed by atoms with Crippen LogP contribution in [0.15, 0.2) is 30.3 Å². The summed E-state index contributed by atoms with van der Waals surface area (Å²) in [6, 6.07) is 9.26. The molecule has 0 fully saturated rings. The number of carbonyl (C=O) groups excluding carboxylic acids is 2. The lowest BCUT2D eigenvalue weighted by atomic mass is 10.1. The number of hydrogen-bond donors (Lipinski definition) is 0. The first kappa shape index (κ1) is 14.2. The van der Waals surface area contributed by atoms with E-state index in [9.17, 15) is 9.59 Å². The van der Waals surface area contributed by atoms with Gasteiger partial charge in [-0.25, -0.2) is 0 Å². The van der Waals surface area contributed by atoms with Crippen molar-refractivity contribution in [3.05, 3.63) is 35.9 Å². The second-order valence-electron chi connectivity index (χ2n) is 3.78. The minimum absolute atomic E-state index is 0.0580. The van der Waals surface area contributed by atoms with Gasteiger partial charge in [0.05, 0.1) is 0 Å². The van der Waals surface area contributed by atoms with Crippen molar-refractivity contribution in [3.8, 4) is 0 Å². The van der Waals surface area contributed by atoms with E-state index in [4.69, 9.17) is 9.47 Å². The quantitative estimate of drug-likeness (QED) is 0.728. The fourth-order valence-electron chi connectivity index (χ4n) is 1.38. The number of ether oxygens (including phenoxy) is 2. The summed E-state index contributed by atoms with van der Waals surface area (Å²) in [5.74, 6) is -0.611. The first-order valence-electron chi connectivity index (χ1n) is 6.07. The summed E-state index contributed by atoms with van der Waals surface area (Å²) in [5, 5.41) is 0. The van der Waals surface area contributed by atoms with E-state index in [0.717, 1.165) is 5.56 Å². The van der Waals surface area contributed by atoms with E-state index < -0.39 is 6.10 Å². The van der Waals surface area contributed by atoms with Gasteiger partial charge in [-0.05, 0) is 5.56 Å². The molecule has 0 amide bonds. The van der Waals surface area contributed by atoms with Crippen LogP contribution in [0.2, 0.25) is 0 Å². The van der Waals surface area contributed by atoms with Gasteiger partial charge in [0.15, 0.2) is 6.10 Å². The minimum atomic E-state index is -0.533. The second kappa shape index (κ2) is 7.48. The van der Waals surface area contributed by atoms with E-state index in [1.807, 2.05) is 30.3 Å². The summed E-state index contributed by atoms with van der Waals surface area (Å²) >= 11 is 0. The largest absolute Gasteiger partial charge is 0.461 e. The molecule has 0 bridgehead atoms. The molecule has 18 heavy (non-hydrogen) atoms. The first-order valence-corrected chi connectivity index (χ1v) is 6.07. The Morgan fingerprint density at radius 2 is 1.67 bits per heavy atom. The third-order valence-electron chi connectivity index (χ3n) is 2.42. The molecule has 98 valence electrons. The smallest absolute Gasteiger partial charge is 0.306 e. The molecule has 0 aliphatic rings. The summed E-state index contributed by atoms with van der Waals surface area (Å²) in [6.45, 7) is 3.50. The van der Waals surface area contributed by atoms with E-state index in [1.54, 1.807) is 13.8 Å². The number of rotatable bonds is 6. The summed E-state index contributed by atoms with van der Waals surface area (Å²) < 4.78 is 10.3. The van der Waals surface area contributed by atoms with Gasteiger partial charge in [-0.3, -0.25) is 9.59 Å². The molecule has 1 rings (SSSR count). The van der Waals surface area contributed by atoms with E-state index in [2.05, 4.69) is 0 Å². The molecule has 0 spiro atoms. The van der Waals surface area contributed by atoms with Crippen LogP contribution >= 0.6 is 0 Å². The molecular weight excluding hydrogens is 232 g/mol. The molecular formula is C14H18O4. The molecule has 0 saturated heterocycles. The molecule has 1 aromatic carbocycles. The molecule has 0 N–H and O–H groups in total. The average Bonchev–Trinajstić information content (AvgIpc) is 2.43. The summed E-state index contributed by atoms with van der Waals surface area (Å²) in [6.07, 6.45) is 0.0723. The molecule has 0 aliphatic heterocycles. The Bertz CT molecular complexity index is 386. The number of benzene rings is 1. The Labute approximate surface area is 107 Å². The monoisotopic (exact) mass is 250 g/mol. The van der Waals surface area contributed by atoms with Crippen molar-refractivity contribution >= 4 is 11.9 Å². The van der Waals surface area contributed by atoms with Gasteiger partial charge in [0, 0.05) is 12.8 Å². The average molecular weight is 250 g/mol. The van der Waals surface area contributed by atoms with Crippen molar-refractivity contribution in [1.29, 1.82) is 0 Å². The van der Waals surface area contributed by atoms with Crippen LogP contribution in [0.1, 0.15) is 38.4 Å². The Balaban J connectivity index is 2.69. The fourth-order valence-corrected chi connectivity index (χ4v) is 1.38. The van der Waals surface area contributed by atoms with Crippen LogP contribution in [0, 0.1) is 0 Å². The van der Waals surface area contributed by atoms with Crippen LogP contribution < -0.4 is 0 Å².